The van der Waals surface area contributed by atoms with Gasteiger partial charge in [0.2, 0.25) is 11.4 Å². The van der Waals surface area contributed by atoms with Gasteiger partial charge in [-0.3, -0.25) is 0 Å². The number of hydrogen-bond acceptors (Lipinski definition) is 12. The fraction of sp³-hybridized carbons (Fsp3) is 0.0370. The van der Waals surface area contributed by atoms with Crippen LogP contribution < -0.4 is 32.0 Å². The van der Waals surface area contributed by atoms with Gasteiger partial charge in [0.1, 0.15) is 38.5 Å². The minimum atomic E-state index is -0.694. The van der Waals surface area contributed by atoms with Crippen molar-refractivity contribution in [1.82, 2.24) is 15.0 Å². The van der Waals surface area contributed by atoms with Crippen LogP contribution in [0.2, 0.25) is 0 Å². The number of fused-ring (bicyclic) bond motifs is 9. The van der Waals surface area contributed by atoms with Gasteiger partial charge in [0.05, 0.1) is 34.1 Å². The number of pyridine rings is 2. The Hall–Kier alpha value is -10.7. The topological polar surface area (TPSA) is 120 Å². The largest absolute Gasteiger partial charge is 0.881 e. The van der Waals surface area contributed by atoms with Crippen LogP contribution in [0.1, 0.15) is 11.4 Å². The van der Waals surface area contributed by atoms with E-state index in [9.17, 15) is 0 Å². The van der Waals surface area contributed by atoms with Gasteiger partial charge in [-0.2, -0.15) is 0 Å². The maximum Gasteiger partial charge on any atom is 0.881 e. The van der Waals surface area contributed by atoms with Crippen LogP contribution in [0.25, 0.3) is 98.2 Å². The molecule has 5 heterocycles. The average molecular weight is 1330 g/mol. The summed E-state index contributed by atoms with van der Waals surface area (Å²) in [5.41, 5.74) is 13.3. The molecule has 465 valence electrons. The number of hydrogen-bond donors (Lipinski definition) is 0. The number of ether oxygens (including phenoxy) is 1. The lowest BCUT2D eigenvalue weighted by Crippen LogP contribution is -2.39. The highest BCUT2D eigenvalue weighted by molar-refractivity contribution is 7.21. The summed E-state index contributed by atoms with van der Waals surface area (Å²) < 4.78 is 50.3. The smallest absolute Gasteiger partial charge is 0.616 e. The van der Waals surface area contributed by atoms with Gasteiger partial charge in [0, 0.05) is 28.2 Å². The molecule has 17 rings (SSSR count). The number of aromatic nitrogens is 4. The van der Waals surface area contributed by atoms with Crippen LogP contribution in [0.5, 0.6) is 40.2 Å². The van der Waals surface area contributed by atoms with E-state index in [2.05, 4.69) is 147 Å². The summed E-state index contributed by atoms with van der Waals surface area (Å²) >= 11 is -0.215. The Kier molecular flexibility index (Phi) is 20.2. The van der Waals surface area contributed by atoms with Crippen molar-refractivity contribution in [3.63, 3.8) is 0 Å². The highest BCUT2D eigenvalue weighted by atomic mass is 32.1. The second kappa shape index (κ2) is 30.8. The van der Waals surface area contributed by atoms with Crippen LogP contribution in [0.4, 0.5) is 0 Å². The fourth-order valence-electron chi connectivity index (χ4n) is 11.0. The molecule has 0 bridgehead atoms. The van der Waals surface area contributed by atoms with E-state index in [0.29, 0.717) is 18.4 Å². The summed E-state index contributed by atoms with van der Waals surface area (Å²) in [6.45, 7) is 4.57. The van der Waals surface area contributed by atoms with E-state index in [1.54, 1.807) is 0 Å². The van der Waals surface area contributed by atoms with Crippen molar-refractivity contribution >= 4 is 113 Å². The molecule has 0 fully saturated rings. The van der Waals surface area contributed by atoms with E-state index in [1.807, 2.05) is 207 Å². The van der Waals surface area contributed by atoms with Gasteiger partial charge in [0.15, 0.2) is 5.58 Å². The van der Waals surface area contributed by atoms with Crippen LogP contribution in [-0.4, -0.2) is 62.6 Å². The Morgan fingerprint density at radius 2 is 0.866 bits per heavy atom. The van der Waals surface area contributed by atoms with E-state index in [-0.39, 0.29) is 0 Å². The molecule has 0 spiro atoms. The van der Waals surface area contributed by atoms with Crippen molar-refractivity contribution < 1.29 is 36.5 Å². The van der Waals surface area contributed by atoms with E-state index < -0.39 is 47.7 Å². The Balaban J connectivity index is 0.000000113. The molecular formula is C81H59Al3N4O8S+. The predicted octanol–water partition coefficient (Wildman–Crippen LogP) is 19.3. The Bertz CT molecular complexity index is 5310. The summed E-state index contributed by atoms with van der Waals surface area (Å²) in [7, 11) is 0. The maximum absolute atomic E-state index is 5.97. The molecule has 12 nitrogen and oxygen atoms in total. The van der Waals surface area contributed by atoms with Crippen LogP contribution >= 0.6 is 11.3 Å². The summed E-state index contributed by atoms with van der Waals surface area (Å²) in [6.07, 6.45) is 0. The second-order valence-electron chi connectivity index (χ2n) is 22.4. The molecule has 0 saturated heterocycles. The molecule has 16 heteroatoms. The van der Waals surface area contributed by atoms with Gasteiger partial charge < -0.3 is 31.9 Å². The lowest BCUT2D eigenvalue weighted by molar-refractivity contribution is -0.689. The quantitative estimate of drug-likeness (QED) is 0.0721. The number of para-hydroxylation sites is 8. The molecule has 97 heavy (non-hydrogen) atoms. The van der Waals surface area contributed by atoms with Crippen LogP contribution in [0.3, 0.4) is 0 Å². The number of oxazole rings is 1. The lowest BCUT2D eigenvalue weighted by Gasteiger charge is -2.11. The van der Waals surface area contributed by atoms with Gasteiger partial charge in [-0.1, -0.05) is 205 Å². The lowest BCUT2D eigenvalue weighted by atomic mass is 10.0. The van der Waals surface area contributed by atoms with E-state index in [4.69, 9.17) is 31.9 Å². The molecule has 1 aliphatic rings. The molecule has 0 amide bonds. The number of benzene rings is 12. The fourth-order valence-corrected chi connectivity index (χ4v) is 14.0. The molecule has 4 aromatic heterocycles. The van der Waals surface area contributed by atoms with Crippen molar-refractivity contribution in [3.05, 3.63) is 321 Å². The zero-order valence-electron chi connectivity index (χ0n) is 52.8. The average Bonchev–Trinajstić information content (AvgIpc) is 1.62. The number of thiazole rings is 1. The second-order valence-corrected chi connectivity index (χ2v) is 25.4. The monoisotopic (exact) mass is 1330 g/mol. The van der Waals surface area contributed by atoms with E-state index in [1.165, 1.54) is 48.4 Å². The van der Waals surface area contributed by atoms with Gasteiger partial charge in [-0.05, 0) is 156 Å². The molecule has 0 atom stereocenters. The summed E-state index contributed by atoms with van der Waals surface area (Å²) in [5.74, 6) is 6.19. The first-order chi connectivity index (χ1) is 47.9. The first-order valence-electron chi connectivity index (χ1n) is 31.5. The minimum Gasteiger partial charge on any atom is -0.616 e. The third-order valence-electron chi connectivity index (χ3n) is 15.8. The minimum absolute atomic E-state index is 0.547. The molecule has 3 radical (unpaired) electrons. The molecule has 1 aliphatic heterocycles. The van der Waals surface area contributed by atoms with E-state index in [0.717, 1.165) is 89.7 Å². The van der Waals surface area contributed by atoms with Crippen molar-refractivity contribution in [3.8, 4) is 84.5 Å². The van der Waals surface area contributed by atoms with Crippen molar-refractivity contribution in [2.45, 2.75) is 20.6 Å². The summed E-state index contributed by atoms with van der Waals surface area (Å²) in [5, 5.41) is 5.76. The van der Waals surface area contributed by atoms with Gasteiger partial charge in [-0.15, -0.1) is 4.57 Å². The SMILES string of the molecule is Cc1ccc2cccc([O][Al][O]c3ccc(-c4ccccc4)cc3)c2n1.Cc1ccc2cccc([O][Al][O]c3ccc4cc(-c5ccccc5)ccc4c3)c2n1.c1ccc([O][Al][O]c2ccccc2-c2nc3ccccc3o2)cc1.c1ccc2c(c1)OC[n+]1c-2sc2ccccc21. The molecular weight excluding hydrogens is 1270 g/mol. The normalized spacial score (nSPS) is 11.0. The van der Waals surface area contributed by atoms with Crippen LogP contribution in [0, 0.1) is 13.8 Å². The van der Waals surface area contributed by atoms with Crippen molar-refractivity contribution in [2.24, 2.45) is 0 Å². The first-order valence-corrected chi connectivity index (χ1v) is 35.1. The van der Waals surface area contributed by atoms with E-state index >= 15 is 0 Å². The van der Waals surface area contributed by atoms with Gasteiger partial charge in [-0.25, -0.2) is 15.0 Å². The highest BCUT2D eigenvalue weighted by Crippen LogP contribution is 2.38. The molecule has 0 aliphatic carbocycles. The van der Waals surface area contributed by atoms with Gasteiger partial charge in [0.25, 0.3) is 11.7 Å². The van der Waals surface area contributed by atoms with Crippen LogP contribution in [0.15, 0.2) is 314 Å². The third-order valence-corrected chi connectivity index (χ3v) is 19.2. The standard InChI is InChI=1S/C16H12O.C14H10NOS.C13H9NO2.C12H10O.2C10H9NO.C6H6O.3Al/c17-16-9-8-14-10-13(6-7-15(14)11-16)12-4-2-1-3-5-12;1-3-7-12-10(5-1)14-15(9-16-12)11-6-2-4-8-13(11)17-14;15-11-7-3-1-5-9(11)13-14-10-6-2-4-8-12(10)16-13;13-12-8-6-11(7-9-12)10-4-2-1-3-5-10;2*1-7-5-6-8-3-2-4-9(12)10(8)11-7;7-6-4-2-1-3-5-6;;;/h1-11,17H;1-8H,9H2;1-8,15H;1-9,13H;2*2-6,12H,1H3;1-5,7H;;;/q;+1;;;;;;3*+2/p-6. The highest BCUT2D eigenvalue weighted by Gasteiger charge is 2.29. The first kappa shape index (κ1) is 63.7. The Morgan fingerprint density at radius 3 is 1.56 bits per heavy atom. The molecule has 12 aromatic carbocycles. The number of aryl methyl sites for hydroxylation is 2. The summed E-state index contributed by atoms with van der Waals surface area (Å²) in [6, 6.07) is 103. The molecule has 16 aromatic rings. The van der Waals surface area contributed by atoms with Gasteiger partial charge >= 0.3 is 47.7 Å². The van der Waals surface area contributed by atoms with Crippen molar-refractivity contribution in [1.29, 1.82) is 0 Å². The Labute approximate surface area is 585 Å². The number of rotatable bonds is 15. The summed E-state index contributed by atoms with van der Waals surface area (Å²) in [4.78, 5) is 13.7. The molecule has 0 unspecified atom stereocenters. The maximum atomic E-state index is 5.97. The molecule has 0 saturated carbocycles. The van der Waals surface area contributed by atoms with Crippen molar-refractivity contribution in [2.75, 3.05) is 0 Å². The predicted molar refractivity (Wildman–Crippen MR) is 389 cm³/mol. The zero-order valence-corrected chi connectivity index (χ0v) is 57.1. The molecule has 0 N–H and O–H groups in total. The van der Waals surface area contributed by atoms with Crippen LogP contribution in [-0.2, 0) is 6.73 Å². The third kappa shape index (κ3) is 15.7. The number of nitrogens with zero attached hydrogens (tertiary/aromatic N) is 4. The zero-order chi connectivity index (χ0) is 65.5. The Morgan fingerprint density at radius 1 is 0.371 bits per heavy atom.